The number of rotatable bonds is 5. The molecule has 0 spiro atoms. The minimum Gasteiger partial charge on any atom is -0.481 e. The SMILES string of the molecule is CS(=O)(=O)C1CCCC(NCCC(=O)O)C1. The number of carbonyl (C=O) groups is 1. The summed E-state index contributed by atoms with van der Waals surface area (Å²) >= 11 is 0. The van der Waals surface area contributed by atoms with E-state index in [-0.39, 0.29) is 17.7 Å². The molecule has 0 aromatic heterocycles. The van der Waals surface area contributed by atoms with Crippen molar-refractivity contribution in [2.45, 2.75) is 43.4 Å². The lowest BCUT2D eigenvalue weighted by molar-refractivity contribution is -0.136. The summed E-state index contributed by atoms with van der Waals surface area (Å²) in [7, 11) is -2.96. The zero-order chi connectivity index (χ0) is 12.2. The molecule has 1 fully saturated rings. The third-order valence-electron chi connectivity index (χ3n) is 3.00. The average molecular weight is 249 g/mol. The molecule has 94 valence electrons. The molecule has 1 aliphatic carbocycles. The maximum atomic E-state index is 11.4. The molecular formula is C10H19NO4S. The van der Waals surface area contributed by atoms with Crippen LogP contribution in [0.15, 0.2) is 0 Å². The first-order valence-corrected chi connectivity index (χ1v) is 7.49. The molecule has 1 saturated carbocycles. The third kappa shape index (κ3) is 4.49. The van der Waals surface area contributed by atoms with Gasteiger partial charge in [-0.2, -0.15) is 0 Å². The van der Waals surface area contributed by atoms with E-state index in [9.17, 15) is 13.2 Å². The molecule has 1 aliphatic rings. The van der Waals surface area contributed by atoms with Crippen LogP contribution in [0.1, 0.15) is 32.1 Å². The zero-order valence-corrected chi connectivity index (χ0v) is 10.3. The van der Waals surface area contributed by atoms with E-state index in [4.69, 9.17) is 5.11 Å². The number of nitrogens with one attached hydrogen (secondary N) is 1. The van der Waals surface area contributed by atoms with Crippen LogP contribution in [0.5, 0.6) is 0 Å². The van der Waals surface area contributed by atoms with E-state index in [0.717, 1.165) is 19.3 Å². The Morgan fingerprint density at radius 1 is 1.44 bits per heavy atom. The molecule has 0 amide bonds. The number of hydrogen-bond donors (Lipinski definition) is 2. The van der Waals surface area contributed by atoms with Crippen LogP contribution in [-0.4, -0.2) is 43.6 Å². The third-order valence-corrected chi connectivity index (χ3v) is 4.64. The van der Waals surface area contributed by atoms with Gasteiger partial charge in [0.1, 0.15) is 9.84 Å². The van der Waals surface area contributed by atoms with Crippen molar-refractivity contribution in [1.82, 2.24) is 5.32 Å². The van der Waals surface area contributed by atoms with Gasteiger partial charge in [-0.15, -0.1) is 0 Å². The van der Waals surface area contributed by atoms with Crippen molar-refractivity contribution < 1.29 is 18.3 Å². The standard InChI is InChI=1S/C10H19NO4S/c1-16(14,15)9-4-2-3-8(7-9)11-6-5-10(12)13/h8-9,11H,2-7H2,1H3,(H,12,13). The second kappa shape index (κ2) is 5.63. The van der Waals surface area contributed by atoms with Crippen molar-refractivity contribution in [2.75, 3.05) is 12.8 Å². The highest BCUT2D eigenvalue weighted by Crippen LogP contribution is 2.23. The molecular weight excluding hydrogens is 230 g/mol. The summed E-state index contributed by atoms with van der Waals surface area (Å²) < 4.78 is 22.8. The van der Waals surface area contributed by atoms with E-state index in [2.05, 4.69) is 5.32 Å². The topological polar surface area (TPSA) is 83.5 Å². The van der Waals surface area contributed by atoms with Crippen molar-refractivity contribution in [2.24, 2.45) is 0 Å². The van der Waals surface area contributed by atoms with Gasteiger partial charge >= 0.3 is 5.97 Å². The molecule has 5 nitrogen and oxygen atoms in total. The van der Waals surface area contributed by atoms with Crippen LogP contribution >= 0.6 is 0 Å². The summed E-state index contributed by atoms with van der Waals surface area (Å²) in [6.07, 6.45) is 4.53. The summed E-state index contributed by atoms with van der Waals surface area (Å²) in [6.45, 7) is 0.413. The number of sulfone groups is 1. The molecule has 0 aromatic carbocycles. The lowest BCUT2D eigenvalue weighted by Gasteiger charge is -2.28. The van der Waals surface area contributed by atoms with Crippen molar-refractivity contribution in [3.63, 3.8) is 0 Å². The molecule has 0 bridgehead atoms. The highest BCUT2D eigenvalue weighted by atomic mass is 32.2. The predicted octanol–water partition coefficient (Wildman–Crippen LogP) is 0.407. The van der Waals surface area contributed by atoms with Gasteiger partial charge in [-0.25, -0.2) is 8.42 Å². The van der Waals surface area contributed by atoms with Gasteiger partial charge in [0, 0.05) is 18.8 Å². The zero-order valence-electron chi connectivity index (χ0n) is 9.48. The highest BCUT2D eigenvalue weighted by molar-refractivity contribution is 7.91. The summed E-state index contributed by atoms with van der Waals surface area (Å²) in [4.78, 5) is 10.3. The van der Waals surface area contributed by atoms with E-state index in [1.54, 1.807) is 0 Å². The van der Waals surface area contributed by atoms with Gasteiger partial charge < -0.3 is 10.4 Å². The van der Waals surface area contributed by atoms with Crippen LogP contribution in [0.25, 0.3) is 0 Å². The molecule has 0 heterocycles. The minimum atomic E-state index is -2.96. The van der Waals surface area contributed by atoms with Gasteiger partial charge in [0.05, 0.1) is 11.7 Å². The van der Waals surface area contributed by atoms with E-state index in [1.807, 2.05) is 0 Å². The van der Waals surface area contributed by atoms with Crippen LogP contribution in [-0.2, 0) is 14.6 Å². The highest BCUT2D eigenvalue weighted by Gasteiger charge is 2.28. The van der Waals surface area contributed by atoms with Gasteiger partial charge in [0.15, 0.2) is 0 Å². The predicted molar refractivity (Wildman–Crippen MR) is 61.1 cm³/mol. The molecule has 2 N–H and O–H groups in total. The molecule has 1 rings (SSSR count). The smallest absolute Gasteiger partial charge is 0.304 e. The van der Waals surface area contributed by atoms with Crippen LogP contribution in [0, 0.1) is 0 Å². The Morgan fingerprint density at radius 2 is 2.12 bits per heavy atom. The molecule has 6 heteroatoms. The first kappa shape index (κ1) is 13.4. The summed E-state index contributed by atoms with van der Waals surface area (Å²) in [6, 6.07) is 0.146. The van der Waals surface area contributed by atoms with Crippen molar-refractivity contribution in [3.8, 4) is 0 Å². The fraction of sp³-hybridized carbons (Fsp3) is 0.900. The van der Waals surface area contributed by atoms with Gasteiger partial charge in [-0.05, 0) is 19.3 Å². The van der Waals surface area contributed by atoms with E-state index < -0.39 is 15.8 Å². The maximum Gasteiger partial charge on any atom is 0.304 e. The lowest BCUT2D eigenvalue weighted by Crippen LogP contribution is -2.39. The number of carboxylic acid groups (broad SMARTS) is 1. The summed E-state index contributed by atoms with van der Waals surface area (Å²) in [5, 5.41) is 11.3. The largest absolute Gasteiger partial charge is 0.481 e. The minimum absolute atomic E-state index is 0.0834. The van der Waals surface area contributed by atoms with Crippen LogP contribution in [0.2, 0.25) is 0 Å². The Kier molecular flexibility index (Phi) is 4.73. The fourth-order valence-corrected chi connectivity index (χ4v) is 3.28. The van der Waals surface area contributed by atoms with Gasteiger partial charge in [0.2, 0.25) is 0 Å². The first-order valence-electron chi connectivity index (χ1n) is 5.53. The molecule has 0 aromatic rings. The second-order valence-electron chi connectivity index (χ2n) is 4.41. The number of hydrogen-bond acceptors (Lipinski definition) is 4. The first-order chi connectivity index (χ1) is 7.39. The second-order valence-corrected chi connectivity index (χ2v) is 6.74. The average Bonchev–Trinajstić information content (AvgIpc) is 2.16. The maximum absolute atomic E-state index is 11.4. The lowest BCUT2D eigenvalue weighted by atomic mass is 9.95. The summed E-state index contributed by atoms with van der Waals surface area (Å²) in [5.74, 6) is -0.831. The van der Waals surface area contributed by atoms with Crippen molar-refractivity contribution in [3.05, 3.63) is 0 Å². The fourth-order valence-electron chi connectivity index (χ4n) is 2.10. The molecule has 2 unspecified atom stereocenters. The van der Waals surface area contributed by atoms with Crippen LogP contribution in [0.4, 0.5) is 0 Å². The molecule has 16 heavy (non-hydrogen) atoms. The molecule has 0 aliphatic heterocycles. The Hall–Kier alpha value is -0.620. The van der Waals surface area contributed by atoms with Crippen LogP contribution < -0.4 is 5.32 Å². The van der Waals surface area contributed by atoms with Crippen molar-refractivity contribution >= 4 is 15.8 Å². The van der Waals surface area contributed by atoms with Crippen molar-refractivity contribution in [1.29, 1.82) is 0 Å². The van der Waals surface area contributed by atoms with Crippen LogP contribution in [0.3, 0.4) is 0 Å². The Labute approximate surface area is 96.1 Å². The number of aliphatic carboxylic acids is 1. The Bertz CT molecular complexity index is 339. The molecule has 0 radical (unpaired) electrons. The van der Waals surface area contributed by atoms with E-state index in [1.165, 1.54) is 6.26 Å². The van der Waals surface area contributed by atoms with E-state index >= 15 is 0 Å². The molecule has 2 atom stereocenters. The molecule has 0 saturated heterocycles. The summed E-state index contributed by atoms with van der Waals surface area (Å²) in [5.41, 5.74) is 0. The number of carboxylic acids is 1. The van der Waals surface area contributed by atoms with Gasteiger partial charge in [0.25, 0.3) is 0 Å². The van der Waals surface area contributed by atoms with Gasteiger partial charge in [-0.1, -0.05) is 6.42 Å². The Morgan fingerprint density at radius 3 is 2.69 bits per heavy atom. The van der Waals surface area contributed by atoms with E-state index in [0.29, 0.717) is 13.0 Å². The normalized spacial score (nSPS) is 26.6. The monoisotopic (exact) mass is 249 g/mol. The van der Waals surface area contributed by atoms with Gasteiger partial charge in [-0.3, -0.25) is 4.79 Å². The Balaban J connectivity index is 2.36. The quantitative estimate of drug-likeness (QED) is 0.737.